The van der Waals surface area contributed by atoms with Crippen LogP contribution in [0.3, 0.4) is 0 Å². The molecule has 6 N–H and O–H groups in total. The first-order chi connectivity index (χ1) is 16.2. The van der Waals surface area contributed by atoms with E-state index in [1.165, 1.54) is 19.4 Å². The number of aromatic nitrogens is 2. The van der Waals surface area contributed by atoms with Gasteiger partial charge in [0, 0.05) is 30.0 Å². The number of pyridine rings is 2. The van der Waals surface area contributed by atoms with E-state index < -0.39 is 17.5 Å². The lowest BCUT2D eigenvalue weighted by atomic mass is 10.0. The summed E-state index contributed by atoms with van der Waals surface area (Å²) in [6.45, 7) is 4.34. The number of hydrogen-bond acceptors (Lipinski definition) is 7. The number of amides is 1. The summed E-state index contributed by atoms with van der Waals surface area (Å²) >= 11 is 0. The molecule has 0 bridgehead atoms. The number of hydrogen-bond donors (Lipinski definition) is 4. The molecule has 180 valence electrons. The van der Waals surface area contributed by atoms with Gasteiger partial charge in [-0.3, -0.25) is 9.78 Å². The molecule has 1 atom stereocenters. The van der Waals surface area contributed by atoms with E-state index in [0.717, 1.165) is 6.07 Å². The molecule has 2 aromatic heterocycles. The molecule has 3 aromatic rings. The topological polar surface area (TPSA) is 128 Å². The van der Waals surface area contributed by atoms with Crippen molar-refractivity contribution in [1.82, 2.24) is 9.97 Å². The number of anilines is 3. The zero-order chi connectivity index (χ0) is 24.8. The number of rotatable bonds is 10. The molecule has 2 heterocycles. The van der Waals surface area contributed by atoms with Crippen LogP contribution < -0.4 is 26.8 Å². The summed E-state index contributed by atoms with van der Waals surface area (Å²) in [7, 11) is 1.38. The smallest absolute Gasteiger partial charge is 0.252 e. The van der Waals surface area contributed by atoms with E-state index >= 15 is 0 Å². The first-order valence-corrected chi connectivity index (χ1v) is 10.8. The zero-order valence-electron chi connectivity index (χ0n) is 19.2. The Bertz CT molecular complexity index is 1170. The van der Waals surface area contributed by atoms with E-state index in [0.29, 0.717) is 23.7 Å². The lowest BCUT2D eigenvalue weighted by Gasteiger charge is -2.21. The van der Waals surface area contributed by atoms with E-state index in [1.807, 2.05) is 13.8 Å². The second kappa shape index (κ2) is 10.9. The number of carbonyl (C=O) groups excluding carboxylic acids is 1. The normalized spacial score (nSPS) is 11.9. The molecule has 8 nitrogen and oxygen atoms in total. The molecule has 0 saturated carbocycles. The van der Waals surface area contributed by atoms with Crippen molar-refractivity contribution in [3.63, 3.8) is 0 Å². The van der Waals surface area contributed by atoms with Crippen molar-refractivity contribution in [2.45, 2.75) is 26.3 Å². The minimum atomic E-state index is -0.855. The predicted molar refractivity (Wildman–Crippen MR) is 128 cm³/mol. The van der Waals surface area contributed by atoms with Gasteiger partial charge in [0.15, 0.2) is 23.2 Å². The number of nitrogens with one attached hydrogen (secondary N) is 2. The zero-order valence-corrected chi connectivity index (χ0v) is 19.2. The lowest BCUT2D eigenvalue weighted by molar-refractivity contribution is 0.100. The van der Waals surface area contributed by atoms with Gasteiger partial charge in [-0.05, 0) is 42.7 Å². The summed E-state index contributed by atoms with van der Waals surface area (Å²) in [6, 6.07) is 8.71. The van der Waals surface area contributed by atoms with Crippen LogP contribution in [0.5, 0.6) is 5.75 Å². The molecule has 1 amide bonds. The number of ether oxygens (including phenoxy) is 1. The summed E-state index contributed by atoms with van der Waals surface area (Å²) in [5.74, 6) is -1.74. The highest BCUT2D eigenvalue weighted by molar-refractivity contribution is 5.98. The van der Waals surface area contributed by atoms with Gasteiger partial charge in [0.2, 0.25) is 0 Å². The molecule has 10 heteroatoms. The van der Waals surface area contributed by atoms with Crippen LogP contribution >= 0.6 is 0 Å². The molecule has 0 saturated heterocycles. The van der Waals surface area contributed by atoms with Crippen LogP contribution in [-0.4, -0.2) is 35.6 Å². The van der Waals surface area contributed by atoms with Crippen LogP contribution in [0.4, 0.5) is 26.1 Å². The second-order valence-electron chi connectivity index (χ2n) is 8.16. The Morgan fingerprint density at radius 1 is 1.18 bits per heavy atom. The van der Waals surface area contributed by atoms with Crippen molar-refractivity contribution in [2.24, 2.45) is 17.4 Å². The molecular weight excluding hydrogens is 442 g/mol. The van der Waals surface area contributed by atoms with Gasteiger partial charge in [-0.15, -0.1) is 0 Å². The fraction of sp³-hybridized carbons (Fsp3) is 0.292. The van der Waals surface area contributed by atoms with Crippen LogP contribution in [0.2, 0.25) is 0 Å². The van der Waals surface area contributed by atoms with E-state index in [4.69, 9.17) is 16.2 Å². The molecule has 0 aliphatic heterocycles. The third-order valence-corrected chi connectivity index (χ3v) is 5.10. The third-order valence-electron chi connectivity index (χ3n) is 5.10. The highest BCUT2D eigenvalue weighted by Crippen LogP contribution is 2.30. The first kappa shape index (κ1) is 24.8. The summed E-state index contributed by atoms with van der Waals surface area (Å²) in [5, 5.41) is 5.97. The summed E-state index contributed by atoms with van der Waals surface area (Å²) in [5.41, 5.74) is 12.1. The van der Waals surface area contributed by atoms with Gasteiger partial charge < -0.3 is 26.8 Å². The Hall–Kier alpha value is -3.79. The molecule has 34 heavy (non-hydrogen) atoms. The molecule has 1 unspecified atom stereocenters. The maximum absolute atomic E-state index is 14.7. The van der Waals surface area contributed by atoms with Crippen molar-refractivity contribution < 1.29 is 18.3 Å². The fourth-order valence-corrected chi connectivity index (χ4v) is 3.51. The largest absolute Gasteiger partial charge is 0.494 e. The van der Waals surface area contributed by atoms with Crippen LogP contribution in [0.25, 0.3) is 11.3 Å². The molecular formula is C24H28F2N6O2. The van der Waals surface area contributed by atoms with Crippen LogP contribution in [0.1, 0.15) is 30.6 Å². The van der Waals surface area contributed by atoms with Gasteiger partial charge in [-0.1, -0.05) is 19.9 Å². The third kappa shape index (κ3) is 5.76. The Balaban J connectivity index is 1.97. The van der Waals surface area contributed by atoms with Crippen molar-refractivity contribution in [1.29, 1.82) is 0 Å². The Kier molecular flexibility index (Phi) is 7.95. The highest BCUT2D eigenvalue weighted by Gasteiger charge is 2.19. The minimum absolute atomic E-state index is 0.0417. The highest BCUT2D eigenvalue weighted by atomic mass is 19.1. The maximum Gasteiger partial charge on any atom is 0.252 e. The molecule has 0 radical (unpaired) electrons. The second-order valence-corrected chi connectivity index (χ2v) is 8.16. The van der Waals surface area contributed by atoms with Gasteiger partial charge >= 0.3 is 0 Å². The van der Waals surface area contributed by atoms with Gasteiger partial charge in [0.25, 0.3) is 5.91 Å². The predicted octanol–water partition coefficient (Wildman–Crippen LogP) is 4.06. The monoisotopic (exact) mass is 470 g/mol. The molecule has 0 spiro atoms. The number of carbonyl (C=O) groups is 1. The first-order valence-electron chi connectivity index (χ1n) is 10.8. The Morgan fingerprint density at radius 2 is 1.94 bits per heavy atom. The molecule has 0 aliphatic carbocycles. The van der Waals surface area contributed by atoms with E-state index in [9.17, 15) is 13.6 Å². The maximum atomic E-state index is 14.7. The molecule has 1 aromatic carbocycles. The van der Waals surface area contributed by atoms with E-state index in [-0.39, 0.29) is 41.1 Å². The standard InChI is InChI=1S/C24H28F2N6O2/c1-13(2)9-15(12-27)31-24-18(25)11-17(22(28)33)23(32-24)30-14-7-8-29-19(10-14)16-5-4-6-20(34-3)21(16)26/h4-8,10-11,13,15H,9,12,27H2,1-3H3,(H2,28,33)(H2,29,30,31,32). The SMILES string of the molecule is COc1cccc(-c2cc(Nc3nc(NC(CN)CC(C)C)c(F)cc3C(N)=O)ccn2)c1F. The average Bonchev–Trinajstić information content (AvgIpc) is 2.80. The van der Waals surface area contributed by atoms with Crippen LogP contribution in [-0.2, 0) is 0 Å². The fourth-order valence-electron chi connectivity index (χ4n) is 3.51. The summed E-state index contributed by atoms with van der Waals surface area (Å²) in [6.07, 6.45) is 2.17. The number of nitrogens with zero attached hydrogens (tertiary/aromatic N) is 2. The van der Waals surface area contributed by atoms with Crippen LogP contribution in [0.15, 0.2) is 42.6 Å². The van der Waals surface area contributed by atoms with Gasteiger partial charge in [-0.25, -0.2) is 13.8 Å². The van der Waals surface area contributed by atoms with Crippen molar-refractivity contribution in [2.75, 3.05) is 24.3 Å². The van der Waals surface area contributed by atoms with Gasteiger partial charge in [0.1, 0.15) is 5.82 Å². The summed E-state index contributed by atoms with van der Waals surface area (Å²) in [4.78, 5) is 20.4. The van der Waals surface area contributed by atoms with Crippen molar-refractivity contribution >= 4 is 23.2 Å². The van der Waals surface area contributed by atoms with E-state index in [2.05, 4.69) is 20.6 Å². The van der Waals surface area contributed by atoms with Gasteiger partial charge in [-0.2, -0.15) is 0 Å². The van der Waals surface area contributed by atoms with Crippen LogP contribution in [0, 0.1) is 17.6 Å². The number of nitrogens with two attached hydrogens (primary N) is 2. The summed E-state index contributed by atoms with van der Waals surface area (Å²) < 4.78 is 34.4. The Labute approximate surface area is 196 Å². The van der Waals surface area contributed by atoms with Crippen molar-refractivity contribution in [3.05, 3.63) is 59.8 Å². The molecule has 3 rings (SSSR count). The van der Waals surface area contributed by atoms with E-state index in [1.54, 1.807) is 24.3 Å². The molecule has 0 aliphatic rings. The Morgan fingerprint density at radius 3 is 2.59 bits per heavy atom. The number of primary amides is 1. The average molecular weight is 471 g/mol. The molecule has 0 fully saturated rings. The quantitative estimate of drug-likeness (QED) is 0.352. The number of benzene rings is 1. The van der Waals surface area contributed by atoms with Crippen molar-refractivity contribution in [3.8, 4) is 17.0 Å². The minimum Gasteiger partial charge on any atom is -0.494 e. The lowest BCUT2D eigenvalue weighted by Crippen LogP contribution is -2.31. The number of halogens is 2. The number of methoxy groups -OCH3 is 1. The van der Waals surface area contributed by atoms with Gasteiger partial charge in [0.05, 0.1) is 18.4 Å².